The Labute approximate surface area is 174 Å². The molecular formula is C27H34N2. The molecule has 1 unspecified atom stereocenters. The summed E-state index contributed by atoms with van der Waals surface area (Å²) in [5, 5.41) is 2.74. The summed E-state index contributed by atoms with van der Waals surface area (Å²) in [7, 11) is 0. The summed E-state index contributed by atoms with van der Waals surface area (Å²) in [5.41, 5.74) is 6.69. The van der Waals surface area contributed by atoms with Gasteiger partial charge >= 0.3 is 0 Å². The van der Waals surface area contributed by atoms with Crippen LogP contribution in [0.3, 0.4) is 0 Å². The van der Waals surface area contributed by atoms with Crippen molar-refractivity contribution in [2.45, 2.75) is 71.1 Å². The van der Waals surface area contributed by atoms with Gasteiger partial charge in [-0.3, -0.25) is 0 Å². The van der Waals surface area contributed by atoms with Crippen molar-refractivity contribution in [3.8, 4) is 0 Å². The van der Waals surface area contributed by atoms with Gasteiger partial charge in [0.25, 0.3) is 0 Å². The SMILES string of the molecule is CCCCCCCCCC(c1c[nH]c2ccccc12)c1c[nH]c2ccc(C)cc12. The molecule has 2 heterocycles. The summed E-state index contributed by atoms with van der Waals surface area (Å²) in [5.74, 6) is 0.428. The maximum absolute atomic E-state index is 3.52. The van der Waals surface area contributed by atoms with E-state index in [2.05, 4.69) is 78.7 Å². The first-order valence-corrected chi connectivity index (χ1v) is 11.4. The summed E-state index contributed by atoms with van der Waals surface area (Å²) in [6.45, 7) is 4.47. The molecule has 2 heteroatoms. The summed E-state index contributed by atoms with van der Waals surface area (Å²) in [6, 6.07) is 15.5. The van der Waals surface area contributed by atoms with Gasteiger partial charge in [0.05, 0.1) is 0 Å². The number of aromatic amines is 2. The molecule has 4 aromatic rings. The van der Waals surface area contributed by atoms with Gasteiger partial charge in [0, 0.05) is 40.1 Å². The molecule has 2 N–H and O–H groups in total. The molecule has 29 heavy (non-hydrogen) atoms. The van der Waals surface area contributed by atoms with E-state index in [4.69, 9.17) is 0 Å². The molecule has 0 aliphatic rings. The number of hydrogen-bond acceptors (Lipinski definition) is 0. The average Bonchev–Trinajstić information content (AvgIpc) is 3.34. The van der Waals surface area contributed by atoms with Crippen molar-refractivity contribution in [2.24, 2.45) is 0 Å². The van der Waals surface area contributed by atoms with Gasteiger partial charge < -0.3 is 9.97 Å². The van der Waals surface area contributed by atoms with E-state index in [-0.39, 0.29) is 0 Å². The molecule has 0 aliphatic heterocycles. The minimum Gasteiger partial charge on any atom is -0.361 e. The molecule has 0 saturated heterocycles. The minimum atomic E-state index is 0.428. The van der Waals surface area contributed by atoms with Crippen molar-refractivity contribution in [2.75, 3.05) is 0 Å². The summed E-state index contributed by atoms with van der Waals surface area (Å²) >= 11 is 0. The first kappa shape index (κ1) is 19.8. The van der Waals surface area contributed by atoms with Crippen LogP contribution in [0.4, 0.5) is 0 Å². The molecule has 0 amide bonds. The molecule has 152 valence electrons. The lowest BCUT2D eigenvalue weighted by atomic mass is 9.86. The fourth-order valence-electron chi connectivity index (χ4n) is 4.71. The molecule has 0 spiro atoms. The molecule has 2 nitrogen and oxygen atoms in total. The standard InChI is InChI=1S/C27H34N2/c1-3-4-5-6-7-8-9-12-21(24-18-28-26-14-11-10-13-22(24)26)25-19-29-27-16-15-20(2)17-23(25)27/h10-11,13-19,21,28-29H,3-9,12H2,1-2H3. The lowest BCUT2D eigenvalue weighted by Crippen LogP contribution is -2.00. The first-order valence-electron chi connectivity index (χ1n) is 11.4. The molecule has 0 radical (unpaired) electrons. The van der Waals surface area contributed by atoms with Crippen LogP contribution >= 0.6 is 0 Å². The molecule has 0 fully saturated rings. The van der Waals surface area contributed by atoms with Crippen molar-refractivity contribution < 1.29 is 0 Å². The quantitative estimate of drug-likeness (QED) is 0.257. The number of rotatable bonds is 10. The Hall–Kier alpha value is -2.48. The predicted molar refractivity (Wildman–Crippen MR) is 126 cm³/mol. The van der Waals surface area contributed by atoms with E-state index >= 15 is 0 Å². The highest BCUT2D eigenvalue weighted by Gasteiger charge is 2.21. The monoisotopic (exact) mass is 386 g/mol. The van der Waals surface area contributed by atoms with Gasteiger partial charge in [0.15, 0.2) is 0 Å². The van der Waals surface area contributed by atoms with E-state index in [1.807, 2.05) is 0 Å². The van der Waals surface area contributed by atoms with Crippen molar-refractivity contribution >= 4 is 21.8 Å². The van der Waals surface area contributed by atoms with Crippen LogP contribution in [-0.4, -0.2) is 9.97 Å². The first-order chi connectivity index (χ1) is 14.3. The second-order valence-electron chi connectivity index (χ2n) is 8.55. The Morgan fingerprint density at radius 2 is 1.38 bits per heavy atom. The van der Waals surface area contributed by atoms with Gasteiger partial charge in [-0.1, -0.05) is 81.7 Å². The number of nitrogens with one attached hydrogen (secondary N) is 2. The van der Waals surface area contributed by atoms with Crippen LogP contribution in [0.2, 0.25) is 0 Å². The predicted octanol–water partition coefficient (Wildman–Crippen LogP) is 8.23. The topological polar surface area (TPSA) is 31.6 Å². The van der Waals surface area contributed by atoms with Crippen molar-refractivity contribution in [3.63, 3.8) is 0 Å². The minimum absolute atomic E-state index is 0.428. The molecule has 1 atom stereocenters. The van der Waals surface area contributed by atoms with Crippen molar-refractivity contribution in [1.29, 1.82) is 0 Å². The van der Waals surface area contributed by atoms with E-state index in [0.717, 1.165) is 0 Å². The summed E-state index contributed by atoms with van der Waals surface area (Å²) < 4.78 is 0. The number of H-pyrrole nitrogens is 2. The lowest BCUT2D eigenvalue weighted by molar-refractivity contribution is 0.560. The van der Waals surface area contributed by atoms with Crippen LogP contribution in [0, 0.1) is 6.92 Å². The van der Waals surface area contributed by atoms with E-state index in [1.165, 1.54) is 89.9 Å². The summed E-state index contributed by atoms with van der Waals surface area (Å²) in [6.07, 6.45) is 15.2. The molecule has 0 aliphatic carbocycles. The largest absolute Gasteiger partial charge is 0.361 e. The lowest BCUT2D eigenvalue weighted by Gasteiger charge is -2.17. The number of aromatic nitrogens is 2. The molecule has 2 aromatic carbocycles. The van der Waals surface area contributed by atoms with E-state index in [1.54, 1.807) is 0 Å². The number of hydrogen-bond donors (Lipinski definition) is 2. The van der Waals surface area contributed by atoms with E-state index in [9.17, 15) is 0 Å². The van der Waals surface area contributed by atoms with Crippen molar-refractivity contribution in [1.82, 2.24) is 9.97 Å². The van der Waals surface area contributed by atoms with Crippen molar-refractivity contribution in [3.05, 3.63) is 71.5 Å². The molecule has 0 bridgehead atoms. The zero-order valence-corrected chi connectivity index (χ0v) is 17.9. The number of benzene rings is 2. The third-order valence-corrected chi connectivity index (χ3v) is 6.34. The number of para-hydroxylation sites is 1. The van der Waals surface area contributed by atoms with Gasteiger partial charge in [0.1, 0.15) is 0 Å². The van der Waals surface area contributed by atoms with Gasteiger partial charge in [-0.05, 0) is 42.7 Å². The number of aryl methyl sites for hydroxylation is 1. The fraction of sp³-hybridized carbons (Fsp3) is 0.407. The molecule has 2 aromatic heterocycles. The van der Waals surface area contributed by atoms with E-state index in [0.29, 0.717) is 5.92 Å². The average molecular weight is 387 g/mol. The third kappa shape index (κ3) is 4.42. The van der Waals surface area contributed by atoms with Crippen LogP contribution in [0.25, 0.3) is 21.8 Å². The highest BCUT2D eigenvalue weighted by molar-refractivity contribution is 5.88. The van der Waals surface area contributed by atoms with Gasteiger partial charge in [0.2, 0.25) is 0 Å². The highest BCUT2D eigenvalue weighted by Crippen LogP contribution is 2.38. The highest BCUT2D eigenvalue weighted by atomic mass is 14.7. The van der Waals surface area contributed by atoms with Crippen LogP contribution in [0.15, 0.2) is 54.9 Å². The second kappa shape index (κ2) is 9.35. The zero-order chi connectivity index (χ0) is 20.1. The Bertz CT molecular complexity index is 1050. The second-order valence-corrected chi connectivity index (χ2v) is 8.55. The van der Waals surface area contributed by atoms with Crippen LogP contribution < -0.4 is 0 Å². The smallest absolute Gasteiger partial charge is 0.0457 e. The van der Waals surface area contributed by atoms with Crippen LogP contribution in [-0.2, 0) is 0 Å². The fourth-order valence-corrected chi connectivity index (χ4v) is 4.71. The van der Waals surface area contributed by atoms with Gasteiger partial charge in [-0.25, -0.2) is 0 Å². The van der Waals surface area contributed by atoms with Gasteiger partial charge in [-0.15, -0.1) is 0 Å². The Balaban J connectivity index is 1.60. The van der Waals surface area contributed by atoms with Gasteiger partial charge in [-0.2, -0.15) is 0 Å². The Kier molecular flexibility index (Phi) is 6.39. The molecule has 4 rings (SSSR count). The number of fused-ring (bicyclic) bond motifs is 2. The Morgan fingerprint density at radius 3 is 2.17 bits per heavy atom. The maximum Gasteiger partial charge on any atom is 0.0457 e. The van der Waals surface area contributed by atoms with Crippen LogP contribution in [0.5, 0.6) is 0 Å². The Morgan fingerprint density at radius 1 is 0.724 bits per heavy atom. The van der Waals surface area contributed by atoms with E-state index < -0.39 is 0 Å². The molecular weight excluding hydrogens is 352 g/mol. The summed E-state index contributed by atoms with van der Waals surface area (Å²) in [4.78, 5) is 7.02. The number of unbranched alkanes of at least 4 members (excludes halogenated alkanes) is 6. The van der Waals surface area contributed by atoms with Crippen LogP contribution in [0.1, 0.15) is 80.9 Å². The third-order valence-electron chi connectivity index (χ3n) is 6.34. The maximum atomic E-state index is 3.52. The zero-order valence-electron chi connectivity index (χ0n) is 17.9. The molecule has 0 saturated carbocycles. The normalized spacial score (nSPS) is 12.8.